The number of carbonyl (C=O) groups is 5. The lowest BCUT2D eigenvalue weighted by Gasteiger charge is -2.50. The number of carboxylic acid groups (broad SMARTS) is 1. The van der Waals surface area contributed by atoms with Crippen molar-refractivity contribution in [2.75, 3.05) is 11.4 Å². The first-order valence-electron chi connectivity index (χ1n) is 19.1. The Balaban J connectivity index is 1.24. The van der Waals surface area contributed by atoms with Gasteiger partial charge in [-0.05, 0) is 67.0 Å². The van der Waals surface area contributed by atoms with Crippen LogP contribution < -0.4 is 9.64 Å². The van der Waals surface area contributed by atoms with Crippen molar-refractivity contribution in [3.8, 4) is 11.5 Å². The molecule has 4 aromatic rings. The number of unbranched alkanes of at least 4 members (excludes halogenated alkanes) is 2. The average Bonchev–Trinajstić information content (AvgIpc) is 3.58. The van der Waals surface area contributed by atoms with E-state index in [1.807, 2.05) is 66.7 Å². The molecule has 6 unspecified atom stereocenters. The number of aromatic hydroxyl groups is 1. The lowest BCUT2D eigenvalue weighted by Crippen LogP contribution is -2.53. The lowest BCUT2D eigenvalue weighted by atomic mass is 9.49. The van der Waals surface area contributed by atoms with E-state index in [2.05, 4.69) is 0 Å². The fourth-order valence-corrected chi connectivity index (χ4v) is 9.88. The molecule has 4 aliphatic rings. The van der Waals surface area contributed by atoms with Gasteiger partial charge in [-0.15, -0.1) is 0 Å². The van der Waals surface area contributed by atoms with Gasteiger partial charge in [0.2, 0.25) is 23.6 Å². The second-order valence-corrected chi connectivity index (χ2v) is 15.6. The van der Waals surface area contributed by atoms with Crippen molar-refractivity contribution in [2.45, 2.75) is 56.5 Å². The molecule has 0 bridgehead atoms. The summed E-state index contributed by atoms with van der Waals surface area (Å²) in [6.07, 6.45) is 3.82. The monoisotopic (exact) mass is 772 g/mol. The Morgan fingerprint density at radius 1 is 0.821 bits per heavy atom. The van der Waals surface area contributed by atoms with Gasteiger partial charge in [-0.2, -0.15) is 0 Å². The van der Waals surface area contributed by atoms with E-state index >= 15 is 4.79 Å². The maximum atomic E-state index is 15.5. The van der Waals surface area contributed by atoms with E-state index in [0.717, 1.165) is 11.1 Å². The number of phenols is 1. The predicted molar refractivity (Wildman–Crippen MR) is 208 cm³/mol. The van der Waals surface area contributed by atoms with Crippen LogP contribution in [0.3, 0.4) is 0 Å². The molecule has 2 heterocycles. The zero-order valence-corrected chi connectivity index (χ0v) is 31.3. The number of rotatable bonds is 12. The van der Waals surface area contributed by atoms with E-state index in [-0.39, 0.29) is 50.0 Å². The van der Waals surface area contributed by atoms with E-state index in [9.17, 15) is 24.3 Å². The smallest absolute Gasteiger partial charge is 0.303 e. The zero-order valence-electron chi connectivity index (χ0n) is 30.6. The van der Waals surface area contributed by atoms with Gasteiger partial charge >= 0.3 is 5.97 Å². The number of halogens is 1. The number of fused-ring (bicyclic) bond motifs is 4. The summed E-state index contributed by atoms with van der Waals surface area (Å²) in [6.45, 7) is 0.446. The third-order valence-electron chi connectivity index (χ3n) is 12.1. The molecule has 3 fully saturated rings. The number of aliphatic carboxylic acids is 1. The summed E-state index contributed by atoms with van der Waals surface area (Å²) < 4.78 is 6.06. The highest BCUT2D eigenvalue weighted by Gasteiger charge is 2.70. The third kappa shape index (κ3) is 6.26. The van der Waals surface area contributed by atoms with Crippen LogP contribution in [-0.4, -0.2) is 51.3 Å². The third-order valence-corrected chi connectivity index (χ3v) is 12.3. The summed E-state index contributed by atoms with van der Waals surface area (Å²) >= 11 is 6.42. The number of hydrogen-bond donors (Lipinski definition) is 2. The van der Waals surface area contributed by atoms with Gasteiger partial charge in [0, 0.05) is 35.5 Å². The van der Waals surface area contributed by atoms with Gasteiger partial charge in [-0.1, -0.05) is 102 Å². The Morgan fingerprint density at radius 3 is 2.29 bits per heavy atom. The topological polar surface area (TPSA) is 142 Å². The molecule has 0 radical (unpaired) electrons. The molecule has 56 heavy (non-hydrogen) atoms. The molecule has 2 saturated heterocycles. The van der Waals surface area contributed by atoms with Crippen molar-refractivity contribution in [3.05, 3.63) is 136 Å². The van der Waals surface area contributed by atoms with E-state index in [0.29, 0.717) is 46.8 Å². The number of allylic oxidation sites excluding steroid dienone is 2. The maximum Gasteiger partial charge on any atom is 0.303 e. The maximum absolute atomic E-state index is 15.5. The van der Waals surface area contributed by atoms with Gasteiger partial charge in [0.1, 0.15) is 18.1 Å². The van der Waals surface area contributed by atoms with Gasteiger partial charge in [0.05, 0.1) is 28.9 Å². The van der Waals surface area contributed by atoms with Crippen molar-refractivity contribution >= 4 is 46.9 Å². The quantitative estimate of drug-likeness (QED) is 0.0861. The van der Waals surface area contributed by atoms with Crippen LogP contribution >= 0.6 is 11.6 Å². The first kappa shape index (κ1) is 37.2. The summed E-state index contributed by atoms with van der Waals surface area (Å²) in [4.78, 5) is 72.2. The van der Waals surface area contributed by atoms with Crippen LogP contribution in [0.5, 0.6) is 11.5 Å². The predicted octanol–water partition coefficient (Wildman–Crippen LogP) is 7.43. The summed E-state index contributed by atoms with van der Waals surface area (Å²) in [5.74, 6) is -5.97. The number of nitrogens with zero attached hydrogens (tertiary/aromatic N) is 2. The minimum absolute atomic E-state index is 0.0143. The molecule has 1 saturated carbocycles. The van der Waals surface area contributed by atoms with Crippen LogP contribution in [0.25, 0.3) is 0 Å². The Morgan fingerprint density at radius 2 is 1.57 bits per heavy atom. The summed E-state index contributed by atoms with van der Waals surface area (Å²) in [5, 5.41) is 21.4. The van der Waals surface area contributed by atoms with Crippen LogP contribution in [0, 0.1) is 23.7 Å². The highest BCUT2D eigenvalue weighted by atomic mass is 35.5. The first-order chi connectivity index (χ1) is 27.1. The normalized spacial score (nSPS) is 25.4. The number of ether oxygens (including phenoxy) is 1. The molecule has 0 aromatic heterocycles. The molecular formula is C45H41ClN2O8. The molecule has 286 valence electrons. The van der Waals surface area contributed by atoms with E-state index in [4.69, 9.17) is 21.4 Å². The molecule has 4 amide bonds. The number of carboxylic acids is 1. The van der Waals surface area contributed by atoms with E-state index in [1.165, 1.54) is 15.9 Å². The highest BCUT2D eigenvalue weighted by Crippen LogP contribution is 2.65. The van der Waals surface area contributed by atoms with E-state index in [1.54, 1.807) is 36.4 Å². The fraction of sp³-hybridized carbons (Fsp3) is 0.311. The van der Waals surface area contributed by atoms with Gasteiger partial charge < -0.3 is 14.9 Å². The Labute approximate surface area is 329 Å². The van der Waals surface area contributed by atoms with Crippen LogP contribution in [0.15, 0.2) is 115 Å². The van der Waals surface area contributed by atoms with Crippen molar-refractivity contribution < 1.29 is 38.9 Å². The number of imide groups is 2. The van der Waals surface area contributed by atoms with Crippen molar-refractivity contribution in [2.24, 2.45) is 23.7 Å². The minimum atomic E-state index is -1.53. The van der Waals surface area contributed by atoms with Crippen molar-refractivity contribution in [1.29, 1.82) is 0 Å². The zero-order chi connectivity index (χ0) is 39.1. The molecule has 2 N–H and O–H groups in total. The molecule has 2 aliphatic heterocycles. The number of hydrogen-bond acceptors (Lipinski definition) is 7. The number of carbonyl (C=O) groups excluding carboxylic acids is 4. The molecule has 11 heteroatoms. The standard InChI is InChI=1S/C45H41ClN2O8/c46-29-15-10-16-30(23-29)48-42(53)36-25-35-32(20-21-34-39(35)43(54)47(41(34)52)22-9-3-8-17-38(50)51)40(45(36,44(48)55)28-13-6-2-7-14-28)33-19-18-31(24-37(33)49)56-26-27-11-4-1-5-12-27/h1-2,4-7,10-16,18-20,23-24,34-36,39-40,49H,3,8-9,17,21-22,25-26H2,(H,50,51). The number of likely N-dealkylation sites (tertiary alicyclic amines) is 1. The number of phenolic OH excluding ortho intramolecular Hbond substituents is 1. The molecule has 4 aromatic carbocycles. The fourth-order valence-electron chi connectivity index (χ4n) is 9.70. The minimum Gasteiger partial charge on any atom is -0.508 e. The van der Waals surface area contributed by atoms with Gasteiger partial charge in [-0.25, -0.2) is 4.90 Å². The van der Waals surface area contributed by atoms with Crippen LogP contribution in [-0.2, 0) is 36.0 Å². The van der Waals surface area contributed by atoms with E-state index < -0.39 is 52.8 Å². The Kier molecular flexibility index (Phi) is 10.0. The molecular weight excluding hydrogens is 732 g/mol. The van der Waals surface area contributed by atoms with Crippen LogP contribution in [0.1, 0.15) is 61.1 Å². The summed E-state index contributed by atoms with van der Waals surface area (Å²) in [6, 6.07) is 30.4. The average molecular weight is 773 g/mol. The summed E-state index contributed by atoms with van der Waals surface area (Å²) in [7, 11) is 0. The molecule has 6 atom stereocenters. The largest absolute Gasteiger partial charge is 0.508 e. The van der Waals surface area contributed by atoms with Gasteiger partial charge in [-0.3, -0.25) is 28.9 Å². The van der Waals surface area contributed by atoms with Gasteiger partial charge in [0.25, 0.3) is 0 Å². The molecule has 2 aliphatic carbocycles. The number of amides is 4. The molecule has 10 nitrogen and oxygen atoms in total. The summed E-state index contributed by atoms with van der Waals surface area (Å²) in [5.41, 5.74) is 1.47. The number of anilines is 1. The molecule has 8 rings (SSSR count). The first-order valence-corrected chi connectivity index (χ1v) is 19.4. The second kappa shape index (κ2) is 15.1. The van der Waals surface area contributed by atoms with Crippen molar-refractivity contribution in [1.82, 2.24) is 4.90 Å². The lowest BCUT2D eigenvalue weighted by molar-refractivity contribution is -0.141. The highest BCUT2D eigenvalue weighted by molar-refractivity contribution is 6.32. The van der Waals surface area contributed by atoms with Crippen molar-refractivity contribution in [3.63, 3.8) is 0 Å². The molecule has 0 spiro atoms. The van der Waals surface area contributed by atoms with Gasteiger partial charge in [0.15, 0.2) is 0 Å². The number of benzene rings is 4. The second-order valence-electron chi connectivity index (χ2n) is 15.1. The van der Waals surface area contributed by atoms with Crippen LogP contribution in [0.2, 0.25) is 5.02 Å². The SMILES string of the molecule is O=C(O)CCCCCN1C(=O)C2CC=C3C(CC4C(=O)N(c5cccc(Cl)c5)C(=O)C4(c4ccccc4)C3c3ccc(OCc4ccccc4)cc3O)C2C1=O. The Bertz CT molecular complexity index is 2240. The van der Waals surface area contributed by atoms with Crippen LogP contribution in [0.4, 0.5) is 5.69 Å². The Hall–Kier alpha value is -5.74.